The van der Waals surface area contributed by atoms with E-state index < -0.39 is 0 Å². The maximum absolute atomic E-state index is 11.1. The van der Waals surface area contributed by atoms with Crippen LogP contribution in [0, 0.1) is 0 Å². The lowest BCUT2D eigenvalue weighted by Crippen LogP contribution is -2.03. The van der Waals surface area contributed by atoms with Gasteiger partial charge in [0.2, 0.25) is 0 Å². The van der Waals surface area contributed by atoms with Gasteiger partial charge in [-0.1, -0.05) is 23.7 Å². The summed E-state index contributed by atoms with van der Waals surface area (Å²) in [6.07, 6.45) is 2.05. The van der Waals surface area contributed by atoms with Crippen LogP contribution in [-0.2, 0) is 16.0 Å². The van der Waals surface area contributed by atoms with Gasteiger partial charge in [-0.05, 0) is 11.6 Å². The zero-order valence-electron chi connectivity index (χ0n) is 8.21. The lowest BCUT2D eigenvalue weighted by molar-refractivity contribution is -0.139. The highest BCUT2D eigenvalue weighted by atomic mass is 35.5. The highest BCUT2D eigenvalue weighted by Crippen LogP contribution is 2.25. The fraction of sp³-hybridized carbons (Fsp3) is 0.182. The molecule has 0 bridgehead atoms. The summed E-state index contributed by atoms with van der Waals surface area (Å²) >= 11 is 5.99. The molecule has 78 valence electrons. The molecule has 15 heavy (non-hydrogen) atoms. The van der Waals surface area contributed by atoms with Crippen LogP contribution in [0.5, 0.6) is 0 Å². The molecule has 0 amide bonds. The van der Waals surface area contributed by atoms with Gasteiger partial charge in [0.05, 0.1) is 24.1 Å². The number of esters is 1. The molecule has 0 aliphatic rings. The first-order valence-corrected chi connectivity index (χ1v) is 4.91. The molecule has 0 unspecified atom stereocenters. The van der Waals surface area contributed by atoms with Crippen molar-refractivity contribution in [2.75, 3.05) is 7.11 Å². The fourth-order valence-electron chi connectivity index (χ4n) is 1.55. The first kappa shape index (κ1) is 10.1. The van der Waals surface area contributed by atoms with E-state index in [2.05, 4.69) is 9.72 Å². The van der Waals surface area contributed by atoms with Crippen LogP contribution in [0.1, 0.15) is 5.56 Å². The van der Waals surface area contributed by atoms with E-state index in [1.165, 1.54) is 7.11 Å². The quantitative estimate of drug-likeness (QED) is 0.795. The molecule has 0 fully saturated rings. The minimum atomic E-state index is -0.254. The lowest BCUT2D eigenvalue weighted by atomic mass is 10.1. The highest BCUT2D eigenvalue weighted by molar-refractivity contribution is 6.35. The summed E-state index contributed by atoms with van der Waals surface area (Å²) in [5, 5.41) is 1.62. The molecule has 0 aliphatic heterocycles. The van der Waals surface area contributed by atoms with Gasteiger partial charge in [-0.2, -0.15) is 0 Å². The fourth-order valence-corrected chi connectivity index (χ4v) is 1.78. The molecular weight excluding hydrogens is 214 g/mol. The summed E-state index contributed by atoms with van der Waals surface area (Å²) in [7, 11) is 1.38. The Morgan fingerprint density at radius 1 is 1.53 bits per heavy atom. The number of rotatable bonds is 2. The number of para-hydroxylation sites is 1. The van der Waals surface area contributed by atoms with Crippen LogP contribution >= 0.6 is 11.6 Å². The molecule has 1 aromatic heterocycles. The van der Waals surface area contributed by atoms with E-state index in [9.17, 15) is 4.79 Å². The van der Waals surface area contributed by atoms with Crippen molar-refractivity contribution in [1.29, 1.82) is 0 Å². The van der Waals surface area contributed by atoms with Crippen LogP contribution in [0.25, 0.3) is 10.9 Å². The van der Waals surface area contributed by atoms with Crippen LogP contribution in [0.15, 0.2) is 24.4 Å². The predicted molar refractivity (Wildman–Crippen MR) is 59.0 cm³/mol. The van der Waals surface area contributed by atoms with Crippen LogP contribution < -0.4 is 0 Å². The van der Waals surface area contributed by atoms with Gasteiger partial charge in [0.25, 0.3) is 0 Å². The number of halogens is 1. The van der Waals surface area contributed by atoms with E-state index in [4.69, 9.17) is 11.6 Å². The zero-order chi connectivity index (χ0) is 10.8. The zero-order valence-corrected chi connectivity index (χ0v) is 8.97. The second-order valence-corrected chi connectivity index (χ2v) is 3.64. The number of ether oxygens (including phenoxy) is 1. The van der Waals surface area contributed by atoms with Crippen LogP contribution in [0.3, 0.4) is 0 Å². The van der Waals surface area contributed by atoms with Gasteiger partial charge in [-0.25, -0.2) is 0 Å². The molecule has 0 saturated carbocycles. The van der Waals surface area contributed by atoms with E-state index >= 15 is 0 Å². The summed E-state index contributed by atoms with van der Waals surface area (Å²) < 4.78 is 4.62. The van der Waals surface area contributed by atoms with Crippen LogP contribution in [-0.4, -0.2) is 18.1 Å². The number of H-pyrrole nitrogens is 1. The summed E-state index contributed by atoms with van der Waals surface area (Å²) in [6.45, 7) is 0. The van der Waals surface area contributed by atoms with E-state index in [1.807, 2.05) is 18.2 Å². The number of hydrogen-bond acceptors (Lipinski definition) is 2. The number of fused-ring (bicyclic) bond motifs is 1. The monoisotopic (exact) mass is 223 g/mol. The smallest absolute Gasteiger partial charge is 0.310 e. The molecule has 3 nitrogen and oxygen atoms in total. The van der Waals surface area contributed by atoms with E-state index in [0.717, 1.165) is 16.5 Å². The van der Waals surface area contributed by atoms with Gasteiger partial charge in [0.1, 0.15) is 0 Å². The third kappa shape index (κ3) is 1.83. The van der Waals surface area contributed by atoms with Crippen molar-refractivity contribution in [3.8, 4) is 0 Å². The number of carbonyl (C=O) groups is 1. The second-order valence-electron chi connectivity index (χ2n) is 3.23. The topological polar surface area (TPSA) is 42.1 Å². The van der Waals surface area contributed by atoms with Gasteiger partial charge in [0, 0.05) is 11.6 Å². The summed E-state index contributed by atoms with van der Waals surface area (Å²) in [6, 6.07) is 5.59. The average Bonchev–Trinajstić information content (AvgIpc) is 2.63. The van der Waals surface area contributed by atoms with Gasteiger partial charge < -0.3 is 9.72 Å². The number of methoxy groups -OCH3 is 1. The SMILES string of the molecule is COC(=O)Cc1c[nH]c2c(Cl)cccc12. The van der Waals surface area contributed by atoms with Crippen LogP contribution in [0.4, 0.5) is 0 Å². The number of nitrogens with one attached hydrogen (secondary N) is 1. The maximum atomic E-state index is 11.1. The Morgan fingerprint density at radius 2 is 2.33 bits per heavy atom. The normalized spacial score (nSPS) is 10.5. The largest absolute Gasteiger partial charge is 0.469 e. The Bertz CT molecular complexity index is 504. The molecule has 0 radical (unpaired) electrons. The molecule has 1 N–H and O–H groups in total. The van der Waals surface area contributed by atoms with Crippen molar-refractivity contribution >= 4 is 28.5 Å². The highest BCUT2D eigenvalue weighted by Gasteiger charge is 2.09. The third-order valence-corrected chi connectivity index (χ3v) is 2.63. The molecule has 1 heterocycles. The molecule has 2 rings (SSSR count). The van der Waals surface area contributed by atoms with E-state index in [-0.39, 0.29) is 12.4 Å². The Labute approximate surface area is 92.0 Å². The molecule has 0 atom stereocenters. The minimum Gasteiger partial charge on any atom is -0.469 e. The number of benzene rings is 1. The van der Waals surface area contributed by atoms with Crippen molar-refractivity contribution in [2.24, 2.45) is 0 Å². The number of hydrogen-bond donors (Lipinski definition) is 1. The Balaban J connectivity index is 2.45. The number of aromatic nitrogens is 1. The van der Waals surface area contributed by atoms with E-state index in [1.54, 1.807) is 6.20 Å². The minimum absolute atomic E-state index is 0.254. The van der Waals surface area contributed by atoms with Crippen molar-refractivity contribution in [2.45, 2.75) is 6.42 Å². The first-order chi connectivity index (χ1) is 7.22. The Hall–Kier alpha value is -1.48. The molecule has 0 aliphatic carbocycles. The standard InChI is InChI=1S/C11H10ClNO2/c1-15-10(14)5-7-6-13-11-8(7)3-2-4-9(11)12/h2-4,6,13H,5H2,1H3. The molecular formula is C11H10ClNO2. The molecule has 1 aromatic carbocycles. The van der Waals surface area contributed by atoms with Crippen LogP contribution in [0.2, 0.25) is 5.02 Å². The molecule has 0 spiro atoms. The number of carbonyl (C=O) groups excluding carboxylic acids is 1. The maximum Gasteiger partial charge on any atom is 0.310 e. The van der Waals surface area contributed by atoms with Crippen molar-refractivity contribution < 1.29 is 9.53 Å². The van der Waals surface area contributed by atoms with Gasteiger partial charge >= 0.3 is 5.97 Å². The van der Waals surface area contributed by atoms with Crippen molar-refractivity contribution in [3.63, 3.8) is 0 Å². The number of aromatic amines is 1. The summed E-state index contributed by atoms with van der Waals surface area (Å²) in [5.41, 5.74) is 1.76. The van der Waals surface area contributed by atoms with Crippen molar-refractivity contribution in [3.05, 3.63) is 35.0 Å². The summed E-state index contributed by atoms with van der Waals surface area (Å²) in [4.78, 5) is 14.2. The predicted octanol–water partition coefficient (Wildman–Crippen LogP) is 2.54. The lowest BCUT2D eigenvalue weighted by Gasteiger charge is -1.98. The molecule has 0 saturated heterocycles. The molecule has 4 heteroatoms. The van der Waals surface area contributed by atoms with Crippen molar-refractivity contribution in [1.82, 2.24) is 4.98 Å². The van der Waals surface area contributed by atoms with E-state index in [0.29, 0.717) is 5.02 Å². The Kier molecular flexibility index (Phi) is 2.64. The van der Waals surface area contributed by atoms with Gasteiger partial charge in [-0.15, -0.1) is 0 Å². The van der Waals surface area contributed by atoms with Gasteiger partial charge in [0.15, 0.2) is 0 Å². The second kappa shape index (κ2) is 3.95. The first-order valence-electron chi connectivity index (χ1n) is 4.53. The van der Waals surface area contributed by atoms with Gasteiger partial charge in [-0.3, -0.25) is 4.79 Å². The average molecular weight is 224 g/mol. The summed E-state index contributed by atoms with van der Waals surface area (Å²) in [5.74, 6) is -0.254. The Morgan fingerprint density at radius 3 is 3.07 bits per heavy atom. The molecule has 2 aromatic rings. The third-order valence-electron chi connectivity index (χ3n) is 2.31.